The molecule has 0 atom stereocenters. The number of likely N-dealkylation sites (N-methyl/N-ethyl adjacent to an activating group) is 1. The highest BCUT2D eigenvalue weighted by Crippen LogP contribution is 2.33. The van der Waals surface area contributed by atoms with Crippen molar-refractivity contribution in [3.05, 3.63) is 58.1 Å². The van der Waals surface area contributed by atoms with E-state index < -0.39 is 11.8 Å². The van der Waals surface area contributed by atoms with Gasteiger partial charge in [-0.1, -0.05) is 35.1 Å². The van der Waals surface area contributed by atoms with Crippen molar-refractivity contribution >= 4 is 68.4 Å². The van der Waals surface area contributed by atoms with Crippen molar-refractivity contribution in [3.63, 3.8) is 0 Å². The van der Waals surface area contributed by atoms with Crippen LogP contribution in [0.3, 0.4) is 0 Å². The van der Waals surface area contributed by atoms with E-state index >= 15 is 0 Å². The number of imide groups is 1. The summed E-state index contributed by atoms with van der Waals surface area (Å²) in [5.41, 5.74) is 2.36. The maximum Gasteiger partial charge on any atom is 0.262 e. The Morgan fingerprint density at radius 1 is 1.09 bits per heavy atom. The van der Waals surface area contributed by atoms with E-state index in [0.29, 0.717) is 34.4 Å². The first kappa shape index (κ1) is 24.1. The zero-order chi connectivity index (χ0) is 22.3. The molecule has 2 heterocycles. The van der Waals surface area contributed by atoms with Crippen LogP contribution >= 0.6 is 35.3 Å². The first-order valence-electron chi connectivity index (χ1n) is 9.73. The smallest absolute Gasteiger partial charge is 0.262 e. The van der Waals surface area contributed by atoms with Crippen molar-refractivity contribution < 1.29 is 14.4 Å². The largest absolute Gasteiger partial charge is 0.308 e. The maximum atomic E-state index is 13.3. The maximum absolute atomic E-state index is 13.3. The minimum absolute atomic E-state index is 0. The Balaban J connectivity index is 0.00000289. The molecule has 0 unspecified atom stereocenters. The Morgan fingerprint density at radius 3 is 2.31 bits per heavy atom. The Hall–Kier alpha value is -2.52. The normalized spacial score (nSPS) is 13.0. The summed E-state index contributed by atoms with van der Waals surface area (Å²) in [7, 11) is 3.82. The molecule has 0 aliphatic carbocycles. The average Bonchev–Trinajstić information content (AvgIpc) is 3.23. The number of aromatic nitrogens is 1. The molecule has 2 aromatic carbocycles. The predicted octanol–water partition coefficient (Wildman–Crippen LogP) is 3.87. The fraction of sp³-hybridized carbons (Fsp3) is 0.273. The van der Waals surface area contributed by atoms with Gasteiger partial charge in [0.05, 0.1) is 21.3 Å². The Morgan fingerprint density at radius 2 is 1.72 bits per heavy atom. The molecule has 0 fully saturated rings. The lowest BCUT2D eigenvalue weighted by Crippen LogP contribution is -2.45. The third-order valence-electron chi connectivity index (χ3n) is 5.11. The van der Waals surface area contributed by atoms with Crippen LogP contribution < -0.4 is 4.90 Å². The second-order valence-electron chi connectivity index (χ2n) is 7.66. The number of hydrogen-bond donors (Lipinski definition) is 0. The quantitative estimate of drug-likeness (QED) is 0.488. The van der Waals surface area contributed by atoms with Gasteiger partial charge in [0, 0.05) is 18.1 Å². The van der Waals surface area contributed by atoms with E-state index in [1.54, 1.807) is 29.2 Å². The van der Waals surface area contributed by atoms with Gasteiger partial charge in [0.25, 0.3) is 11.8 Å². The minimum Gasteiger partial charge on any atom is -0.308 e. The summed E-state index contributed by atoms with van der Waals surface area (Å²) in [5.74, 6) is -1.26. The Bertz CT molecular complexity index is 1180. The van der Waals surface area contributed by atoms with Crippen LogP contribution in [0.15, 0.2) is 36.4 Å². The SMILES string of the molecule is Cc1cc(Cl)cc2sc(N(CCN(C)C)C(=O)CN3C(=O)c4ccccc4C3=O)nc12.Cl. The predicted molar refractivity (Wildman–Crippen MR) is 129 cm³/mol. The number of thiazole rings is 1. The van der Waals surface area contributed by atoms with E-state index in [1.807, 2.05) is 38.1 Å². The van der Waals surface area contributed by atoms with Crippen LogP contribution in [-0.4, -0.2) is 66.2 Å². The van der Waals surface area contributed by atoms with Crippen molar-refractivity contribution in [3.8, 4) is 0 Å². The Kier molecular flexibility index (Phi) is 7.19. The molecule has 1 aliphatic heterocycles. The van der Waals surface area contributed by atoms with E-state index in [4.69, 9.17) is 11.6 Å². The van der Waals surface area contributed by atoms with Gasteiger partial charge in [-0.2, -0.15) is 0 Å². The van der Waals surface area contributed by atoms with Gasteiger partial charge in [-0.3, -0.25) is 24.2 Å². The van der Waals surface area contributed by atoms with Gasteiger partial charge in [0.2, 0.25) is 5.91 Å². The van der Waals surface area contributed by atoms with Gasteiger partial charge >= 0.3 is 0 Å². The van der Waals surface area contributed by atoms with Crippen LogP contribution in [-0.2, 0) is 4.79 Å². The second-order valence-corrected chi connectivity index (χ2v) is 9.10. The van der Waals surface area contributed by atoms with Gasteiger partial charge < -0.3 is 4.90 Å². The zero-order valence-corrected chi connectivity index (χ0v) is 20.2. The molecule has 0 spiro atoms. The van der Waals surface area contributed by atoms with E-state index in [1.165, 1.54) is 11.3 Å². The molecule has 0 N–H and O–H groups in total. The van der Waals surface area contributed by atoms with E-state index in [2.05, 4.69) is 4.98 Å². The standard InChI is InChI=1S/C22H21ClN4O3S.ClH/c1-13-10-14(23)11-17-19(13)24-22(31-17)26(9-8-25(2)3)18(28)12-27-20(29)15-6-4-5-7-16(15)21(27)30;/h4-7,10-11H,8-9,12H2,1-3H3;1H. The number of carbonyl (C=O) groups is 3. The topological polar surface area (TPSA) is 73.8 Å². The summed E-state index contributed by atoms with van der Waals surface area (Å²) in [6.07, 6.45) is 0. The zero-order valence-electron chi connectivity index (χ0n) is 17.8. The van der Waals surface area contributed by atoms with Crippen molar-refractivity contribution in [1.29, 1.82) is 0 Å². The number of nitrogens with zero attached hydrogens (tertiary/aromatic N) is 4. The number of rotatable bonds is 6. The number of carbonyl (C=O) groups excluding carboxylic acids is 3. The summed E-state index contributed by atoms with van der Waals surface area (Å²) in [6.45, 7) is 2.56. The fourth-order valence-corrected chi connectivity index (χ4v) is 4.95. The highest BCUT2D eigenvalue weighted by atomic mass is 35.5. The third kappa shape index (κ3) is 4.49. The van der Waals surface area contributed by atoms with Gasteiger partial charge in [-0.15, -0.1) is 12.4 Å². The number of benzene rings is 2. The lowest BCUT2D eigenvalue weighted by atomic mass is 10.1. The first-order chi connectivity index (χ1) is 14.8. The molecule has 3 aromatic rings. The molecule has 3 amide bonds. The number of amides is 3. The number of anilines is 1. The molecule has 4 rings (SSSR count). The molecule has 7 nitrogen and oxygen atoms in total. The molecular formula is C22H22Cl2N4O3S. The number of aryl methyl sites for hydroxylation is 1. The summed E-state index contributed by atoms with van der Waals surface area (Å²) in [4.78, 5) is 47.8. The van der Waals surface area contributed by atoms with Gasteiger partial charge in [-0.25, -0.2) is 4.98 Å². The van der Waals surface area contributed by atoms with Crippen molar-refractivity contribution in [2.75, 3.05) is 38.6 Å². The molecule has 0 saturated heterocycles. The van der Waals surface area contributed by atoms with Crippen molar-refractivity contribution in [1.82, 2.24) is 14.8 Å². The van der Waals surface area contributed by atoms with Crippen LogP contribution in [0, 0.1) is 6.92 Å². The first-order valence-corrected chi connectivity index (χ1v) is 10.9. The van der Waals surface area contributed by atoms with Gasteiger partial charge in [0.15, 0.2) is 5.13 Å². The number of hydrogen-bond acceptors (Lipinski definition) is 6. The van der Waals surface area contributed by atoms with Crippen molar-refractivity contribution in [2.45, 2.75) is 6.92 Å². The summed E-state index contributed by atoms with van der Waals surface area (Å²) in [5, 5.41) is 1.13. The van der Waals surface area contributed by atoms with Crippen LogP contribution in [0.5, 0.6) is 0 Å². The summed E-state index contributed by atoms with van der Waals surface area (Å²) >= 11 is 7.54. The minimum atomic E-state index is -0.451. The van der Waals surface area contributed by atoms with Crippen LogP contribution in [0.2, 0.25) is 5.02 Å². The fourth-order valence-electron chi connectivity index (χ4n) is 3.49. The molecule has 10 heteroatoms. The van der Waals surface area contributed by atoms with Gasteiger partial charge in [0.1, 0.15) is 6.54 Å². The lowest BCUT2D eigenvalue weighted by molar-refractivity contribution is -0.119. The molecule has 0 radical (unpaired) electrons. The highest BCUT2D eigenvalue weighted by molar-refractivity contribution is 7.22. The van der Waals surface area contributed by atoms with Crippen LogP contribution in [0.25, 0.3) is 10.2 Å². The molecule has 168 valence electrons. The molecule has 1 aromatic heterocycles. The van der Waals surface area contributed by atoms with Crippen molar-refractivity contribution in [2.24, 2.45) is 0 Å². The molecule has 1 aliphatic rings. The van der Waals surface area contributed by atoms with Gasteiger partial charge in [-0.05, 0) is 50.8 Å². The lowest BCUT2D eigenvalue weighted by Gasteiger charge is -2.24. The summed E-state index contributed by atoms with van der Waals surface area (Å²) in [6, 6.07) is 10.3. The highest BCUT2D eigenvalue weighted by Gasteiger charge is 2.37. The van der Waals surface area contributed by atoms with E-state index in [-0.39, 0.29) is 24.9 Å². The molecule has 0 saturated carbocycles. The molecule has 0 bridgehead atoms. The van der Waals surface area contributed by atoms with Crippen LogP contribution in [0.1, 0.15) is 26.3 Å². The number of fused-ring (bicyclic) bond motifs is 2. The molecular weight excluding hydrogens is 471 g/mol. The number of halogens is 2. The Labute approximate surface area is 201 Å². The second kappa shape index (κ2) is 9.54. The van der Waals surface area contributed by atoms with E-state index in [9.17, 15) is 14.4 Å². The average molecular weight is 493 g/mol. The van der Waals surface area contributed by atoms with Crippen LogP contribution in [0.4, 0.5) is 5.13 Å². The van der Waals surface area contributed by atoms with E-state index in [0.717, 1.165) is 20.7 Å². The summed E-state index contributed by atoms with van der Waals surface area (Å²) < 4.78 is 0.878. The molecule has 32 heavy (non-hydrogen) atoms. The third-order valence-corrected chi connectivity index (χ3v) is 6.36. The monoisotopic (exact) mass is 492 g/mol.